The Bertz CT molecular complexity index is 381. The Morgan fingerprint density at radius 1 is 1.05 bits per heavy atom. The van der Waals surface area contributed by atoms with Gasteiger partial charge in [0.2, 0.25) is 0 Å². The van der Waals surface area contributed by atoms with E-state index in [2.05, 4.69) is 71.1 Å². The lowest BCUT2D eigenvalue weighted by Crippen LogP contribution is -2.31. The Kier molecular flexibility index (Phi) is 6.70. The van der Waals surface area contributed by atoms with E-state index in [1.807, 2.05) is 0 Å². The van der Waals surface area contributed by atoms with Gasteiger partial charge in [0, 0.05) is 0 Å². The van der Waals surface area contributed by atoms with E-state index in [1.54, 1.807) is 0 Å². The van der Waals surface area contributed by atoms with Crippen molar-refractivity contribution in [2.24, 2.45) is 0 Å². The molecule has 0 saturated carbocycles. The lowest BCUT2D eigenvalue weighted by molar-refractivity contribution is -0.0306. The summed E-state index contributed by atoms with van der Waals surface area (Å²) in [5.41, 5.74) is 2.65. The van der Waals surface area contributed by atoms with E-state index >= 15 is 0 Å². The monoisotopic (exact) mass is 277 g/mol. The fraction of sp³-hybridized carbons (Fsp3) is 0.667. The van der Waals surface area contributed by atoms with Crippen molar-refractivity contribution in [2.45, 2.75) is 65.5 Å². The fourth-order valence-electron chi connectivity index (χ4n) is 2.04. The maximum Gasteiger partial charge on any atom is 0.0668 e. The van der Waals surface area contributed by atoms with Gasteiger partial charge in [-0.15, -0.1) is 0 Å². The molecule has 1 unspecified atom stereocenters. The quantitative estimate of drug-likeness (QED) is 0.746. The van der Waals surface area contributed by atoms with Gasteiger partial charge in [-0.05, 0) is 43.9 Å². The van der Waals surface area contributed by atoms with Crippen LogP contribution < -0.4 is 5.32 Å². The zero-order valence-corrected chi connectivity index (χ0v) is 14.0. The molecule has 0 radical (unpaired) electrons. The van der Waals surface area contributed by atoms with E-state index in [0.29, 0.717) is 5.92 Å². The van der Waals surface area contributed by atoms with Crippen molar-refractivity contribution in [3.05, 3.63) is 35.4 Å². The minimum atomic E-state index is -0.0501. The zero-order valence-electron chi connectivity index (χ0n) is 14.0. The first-order chi connectivity index (χ1) is 9.39. The van der Waals surface area contributed by atoms with Gasteiger partial charge in [-0.3, -0.25) is 0 Å². The second kappa shape index (κ2) is 7.80. The molecule has 0 fully saturated rings. The van der Waals surface area contributed by atoms with Crippen LogP contribution in [0, 0.1) is 0 Å². The lowest BCUT2D eigenvalue weighted by atomic mass is 9.99. The second-order valence-corrected chi connectivity index (χ2v) is 6.36. The van der Waals surface area contributed by atoms with Gasteiger partial charge in [0.05, 0.1) is 18.2 Å². The highest BCUT2D eigenvalue weighted by Crippen LogP contribution is 2.22. The van der Waals surface area contributed by atoms with Crippen molar-refractivity contribution in [3.8, 4) is 0 Å². The molecular weight excluding hydrogens is 246 g/mol. The molecule has 2 heteroatoms. The summed E-state index contributed by atoms with van der Waals surface area (Å²) in [6.07, 6.45) is 1.03. The molecule has 20 heavy (non-hydrogen) atoms. The van der Waals surface area contributed by atoms with Crippen molar-refractivity contribution >= 4 is 0 Å². The molecule has 1 rings (SSSR count). The van der Waals surface area contributed by atoms with E-state index in [4.69, 9.17) is 4.74 Å². The minimum absolute atomic E-state index is 0.0501. The lowest BCUT2D eigenvalue weighted by Gasteiger charge is -2.27. The van der Waals surface area contributed by atoms with E-state index in [-0.39, 0.29) is 11.6 Å². The van der Waals surface area contributed by atoms with Crippen molar-refractivity contribution < 1.29 is 4.74 Å². The predicted octanol–water partition coefficient (Wildman–Crippen LogP) is 4.67. The molecule has 0 aliphatic heterocycles. The highest BCUT2D eigenvalue weighted by atomic mass is 16.5. The molecule has 0 amide bonds. The molecule has 2 nitrogen and oxygen atoms in total. The van der Waals surface area contributed by atoms with Crippen LogP contribution in [0.2, 0.25) is 0 Å². The predicted molar refractivity (Wildman–Crippen MR) is 87.3 cm³/mol. The zero-order chi connectivity index (χ0) is 15.2. The van der Waals surface area contributed by atoms with Crippen molar-refractivity contribution in [1.29, 1.82) is 0 Å². The molecule has 1 aromatic rings. The Morgan fingerprint density at radius 2 is 1.60 bits per heavy atom. The highest BCUT2D eigenvalue weighted by molar-refractivity contribution is 5.27. The van der Waals surface area contributed by atoms with E-state index in [9.17, 15) is 0 Å². The van der Waals surface area contributed by atoms with Gasteiger partial charge >= 0.3 is 0 Å². The smallest absolute Gasteiger partial charge is 0.0668 e. The molecule has 0 aliphatic rings. The number of hydrogen-bond acceptors (Lipinski definition) is 2. The van der Waals surface area contributed by atoms with Crippen LogP contribution in [0.15, 0.2) is 24.3 Å². The standard InChI is InChI=1S/C18H31NO/c1-7-18(5,6)20-13-17(19-8-2)16-11-9-15(10-12-16)14(3)4/h9-12,14,17,19H,7-8,13H2,1-6H3. The third-order valence-corrected chi connectivity index (χ3v) is 3.95. The second-order valence-electron chi connectivity index (χ2n) is 6.36. The molecule has 1 atom stereocenters. The van der Waals surface area contributed by atoms with Gasteiger partial charge in [-0.25, -0.2) is 0 Å². The topological polar surface area (TPSA) is 21.3 Å². The number of rotatable bonds is 8. The van der Waals surface area contributed by atoms with E-state index in [0.717, 1.165) is 19.6 Å². The van der Waals surface area contributed by atoms with Gasteiger partial charge in [0.25, 0.3) is 0 Å². The molecule has 0 aromatic heterocycles. The van der Waals surface area contributed by atoms with Crippen LogP contribution in [0.1, 0.15) is 71.0 Å². The molecular formula is C18H31NO. The molecule has 1 N–H and O–H groups in total. The summed E-state index contributed by atoms with van der Waals surface area (Å²) in [6.45, 7) is 14.7. The molecule has 114 valence electrons. The average Bonchev–Trinajstić information content (AvgIpc) is 2.43. The molecule has 0 aliphatic carbocycles. The molecule has 0 spiro atoms. The van der Waals surface area contributed by atoms with Gasteiger partial charge in [-0.1, -0.05) is 52.0 Å². The van der Waals surface area contributed by atoms with Gasteiger partial charge in [-0.2, -0.15) is 0 Å². The summed E-state index contributed by atoms with van der Waals surface area (Å²) in [4.78, 5) is 0. The number of likely N-dealkylation sites (N-methyl/N-ethyl adjacent to an activating group) is 1. The van der Waals surface area contributed by atoms with Crippen molar-refractivity contribution in [3.63, 3.8) is 0 Å². The Morgan fingerprint density at radius 3 is 2.05 bits per heavy atom. The Labute approximate surface area is 124 Å². The van der Waals surface area contributed by atoms with Crippen LogP contribution in [0.5, 0.6) is 0 Å². The normalized spacial score (nSPS) is 13.8. The maximum absolute atomic E-state index is 6.06. The SMILES string of the molecule is CCNC(COC(C)(C)CC)c1ccc(C(C)C)cc1. The van der Waals surface area contributed by atoms with Gasteiger partial charge < -0.3 is 10.1 Å². The first kappa shape index (κ1) is 17.2. The van der Waals surface area contributed by atoms with Crippen molar-refractivity contribution in [2.75, 3.05) is 13.2 Å². The van der Waals surface area contributed by atoms with Crippen molar-refractivity contribution in [1.82, 2.24) is 5.32 Å². The van der Waals surface area contributed by atoms with E-state index < -0.39 is 0 Å². The molecule has 0 bridgehead atoms. The number of hydrogen-bond donors (Lipinski definition) is 1. The van der Waals surface area contributed by atoms with Crippen LogP contribution in [0.4, 0.5) is 0 Å². The van der Waals surface area contributed by atoms with Crippen LogP contribution >= 0.6 is 0 Å². The largest absolute Gasteiger partial charge is 0.374 e. The van der Waals surface area contributed by atoms with Crippen LogP contribution in [-0.2, 0) is 4.74 Å². The highest BCUT2D eigenvalue weighted by Gasteiger charge is 2.19. The van der Waals surface area contributed by atoms with Gasteiger partial charge in [0.15, 0.2) is 0 Å². The summed E-state index contributed by atoms with van der Waals surface area (Å²) in [7, 11) is 0. The van der Waals surface area contributed by atoms with Gasteiger partial charge in [0.1, 0.15) is 0 Å². The summed E-state index contributed by atoms with van der Waals surface area (Å²) in [5.74, 6) is 0.580. The minimum Gasteiger partial charge on any atom is -0.374 e. The molecule has 0 saturated heterocycles. The average molecular weight is 277 g/mol. The fourth-order valence-corrected chi connectivity index (χ4v) is 2.04. The number of ether oxygens (including phenoxy) is 1. The first-order valence-electron chi connectivity index (χ1n) is 7.86. The van der Waals surface area contributed by atoms with E-state index in [1.165, 1.54) is 11.1 Å². The maximum atomic E-state index is 6.06. The van der Waals surface area contributed by atoms with Crippen LogP contribution in [-0.4, -0.2) is 18.8 Å². The first-order valence-corrected chi connectivity index (χ1v) is 7.86. The summed E-state index contributed by atoms with van der Waals surface area (Å²) >= 11 is 0. The third kappa shape index (κ3) is 5.26. The van der Waals surface area contributed by atoms with Crippen LogP contribution in [0.3, 0.4) is 0 Å². The number of benzene rings is 1. The molecule has 1 aromatic carbocycles. The third-order valence-electron chi connectivity index (χ3n) is 3.95. The Hall–Kier alpha value is -0.860. The number of nitrogens with one attached hydrogen (secondary N) is 1. The summed E-state index contributed by atoms with van der Waals surface area (Å²) in [5, 5.41) is 3.52. The molecule has 0 heterocycles. The summed E-state index contributed by atoms with van der Waals surface area (Å²) < 4.78 is 6.06. The summed E-state index contributed by atoms with van der Waals surface area (Å²) in [6, 6.07) is 9.19. The Balaban J connectivity index is 2.74. The van der Waals surface area contributed by atoms with Crippen LogP contribution in [0.25, 0.3) is 0 Å².